The number of rotatable bonds is 6. The minimum absolute atomic E-state index is 0.222. The van der Waals surface area contributed by atoms with Crippen molar-refractivity contribution in [3.05, 3.63) is 193 Å². The molecule has 0 radical (unpaired) electrons. The predicted molar refractivity (Wildman–Crippen MR) is 249 cm³/mol. The Labute approximate surface area is 344 Å². The lowest BCUT2D eigenvalue weighted by molar-refractivity contribution is 0.415. The molecule has 0 atom stereocenters. The Morgan fingerprint density at radius 3 is 0.831 bits per heavy atom. The van der Waals surface area contributed by atoms with Gasteiger partial charge >= 0.3 is 0 Å². The molecule has 282 valence electrons. The molecule has 2 heteroatoms. The van der Waals surface area contributed by atoms with E-state index in [0.29, 0.717) is 0 Å². The Balaban J connectivity index is 1.08. The molecule has 0 heterocycles. The van der Waals surface area contributed by atoms with Crippen molar-refractivity contribution < 1.29 is 9.47 Å². The van der Waals surface area contributed by atoms with E-state index in [1.165, 1.54) is 110 Å². The third-order valence-electron chi connectivity index (χ3n) is 12.9. The molecule has 0 saturated heterocycles. The van der Waals surface area contributed by atoms with Gasteiger partial charge in [0.15, 0.2) is 0 Å². The van der Waals surface area contributed by atoms with Crippen molar-refractivity contribution in [2.45, 2.75) is 19.3 Å². The quantitative estimate of drug-likeness (QED) is 0.157. The fraction of sp³-hybridized carbons (Fsp3) is 0.0877. The molecule has 0 aliphatic heterocycles. The van der Waals surface area contributed by atoms with Crippen molar-refractivity contribution in [2.24, 2.45) is 0 Å². The number of benzene rings is 10. The van der Waals surface area contributed by atoms with Gasteiger partial charge in [-0.05, 0) is 146 Å². The van der Waals surface area contributed by atoms with Crippen LogP contribution in [0.15, 0.2) is 182 Å². The summed E-state index contributed by atoms with van der Waals surface area (Å²) in [5.74, 6) is 1.72. The molecule has 1 aliphatic carbocycles. The summed E-state index contributed by atoms with van der Waals surface area (Å²) in [6, 6.07) is 66.9. The largest absolute Gasteiger partial charge is 0.497 e. The minimum atomic E-state index is -0.222. The zero-order valence-electron chi connectivity index (χ0n) is 33.6. The minimum Gasteiger partial charge on any atom is -0.497 e. The fourth-order valence-electron chi connectivity index (χ4n) is 10.1. The van der Waals surface area contributed by atoms with Crippen molar-refractivity contribution in [1.82, 2.24) is 0 Å². The first kappa shape index (κ1) is 35.0. The topological polar surface area (TPSA) is 18.5 Å². The summed E-state index contributed by atoms with van der Waals surface area (Å²) in [6.07, 6.45) is 0. The van der Waals surface area contributed by atoms with Crippen molar-refractivity contribution >= 4 is 43.1 Å². The first-order valence-corrected chi connectivity index (χ1v) is 20.4. The smallest absolute Gasteiger partial charge is 0.118 e. The highest BCUT2D eigenvalue weighted by molar-refractivity contribution is 6.23. The van der Waals surface area contributed by atoms with E-state index in [9.17, 15) is 0 Å². The first-order valence-electron chi connectivity index (χ1n) is 20.4. The van der Waals surface area contributed by atoms with Gasteiger partial charge in [-0.3, -0.25) is 0 Å². The molecule has 1 aliphatic rings. The molecule has 10 aromatic carbocycles. The van der Waals surface area contributed by atoms with Gasteiger partial charge in [0.1, 0.15) is 11.5 Å². The summed E-state index contributed by atoms with van der Waals surface area (Å²) in [7, 11) is 3.44. The maximum absolute atomic E-state index is 5.52. The Hall–Kier alpha value is -7.16. The molecule has 10 aromatic rings. The van der Waals surface area contributed by atoms with E-state index in [1.54, 1.807) is 14.2 Å². The van der Waals surface area contributed by atoms with Gasteiger partial charge in [-0.1, -0.05) is 159 Å². The molecule has 59 heavy (non-hydrogen) atoms. The van der Waals surface area contributed by atoms with Crippen LogP contribution in [-0.2, 0) is 5.41 Å². The van der Waals surface area contributed by atoms with Crippen molar-refractivity contribution in [3.8, 4) is 67.1 Å². The molecule has 2 nitrogen and oxygen atoms in total. The highest BCUT2D eigenvalue weighted by Crippen LogP contribution is 2.53. The summed E-state index contributed by atoms with van der Waals surface area (Å²) in [5.41, 5.74) is 15.0. The zero-order chi connectivity index (χ0) is 39.8. The second kappa shape index (κ2) is 13.5. The van der Waals surface area contributed by atoms with E-state index < -0.39 is 0 Å². The SMILES string of the molecule is COc1ccc(-c2c3ccccc3c(-c3ccc4c(c3)C(C)(C)c3cc(-c5c6ccccc6c(-c6ccc(OC)cc6)c6ccccc56)ccc3-4)c3ccccc23)cc1. The highest BCUT2D eigenvalue weighted by Gasteiger charge is 2.36. The van der Waals surface area contributed by atoms with Crippen LogP contribution in [0.1, 0.15) is 25.0 Å². The van der Waals surface area contributed by atoms with Crippen LogP contribution in [0.4, 0.5) is 0 Å². The Morgan fingerprint density at radius 2 is 0.559 bits per heavy atom. The summed E-state index contributed by atoms with van der Waals surface area (Å²) in [6.45, 7) is 4.80. The average Bonchev–Trinajstić information content (AvgIpc) is 3.51. The molecule has 0 aromatic heterocycles. The van der Waals surface area contributed by atoms with E-state index in [4.69, 9.17) is 9.47 Å². The van der Waals surface area contributed by atoms with Gasteiger partial charge in [0.2, 0.25) is 0 Å². The van der Waals surface area contributed by atoms with E-state index in [0.717, 1.165) is 11.5 Å². The number of hydrogen-bond donors (Lipinski definition) is 0. The van der Waals surface area contributed by atoms with Crippen LogP contribution in [0.3, 0.4) is 0 Å². The van der Waals surface area contributed by atoms with Gasteiger partial charge < -0.3 is 9.47 Å². The maximum atomic E-state index is 5.52. The molecule has 0 saturated carbocycles. The van der Waals surface area contributed by atoms with Crippen LogP contribution < -0.4 is 9.47 Å². The van der Waals surface area contributed by atoms with Gasteiger partial charge in [-0.2, -0.15) is 0 Å². The van der Waals surface area contributed by atoms with E-state index in [1.807, 2.05) is 0 Å². The molecule has 0 amide bonds. The van der Waals surface area contributed by atoms with Crippen LogP contribution in [0.2, 0.25) is 0 Å². The molecule has 0 N–H and O–H groups in total. The van der Waals surface area contributed by atoms with Gasteiger partial charge in [0, 0.05) is 5.41 Å². The van der Waals surface area contributed by atoms with Crippen LogP contribution in [0.25, 0.3) is 98.7 Å². The zero-order valence-corrected chi connectivity index (χ0v) is 33.6. The third-order valence-corrected chi connectivity index (χ3v) is 12.9. The lowest BCUT2D eigenvalue weighted by atomic mass is 9.79. The lowest BCUT2D eigenvalue weighted by Gasteiger charge is -2.24. The maximum Gasteiger partial charge on any atom is 0.118 e. The summed E-state index contributed by atoms with van der Waals surface area (Å²) in [4.78, 5) is 0. The summed E-state index contributed by atoms with van der Waals surface area (Å²) < 4.78 is 11.0. The lowest BCUT2D eigenvalue weighted by Crippen LogP contribution is -2.15. The normalized spacial score (nSPS) is 12.9. The molecule has 0 spiro atoms. The van der Waals surface area contributed by atoms with Gasteiger partial charge in [-0.25, -0.2) is 0 Å². The van der Waals surface area contributed by atoms with Crippen LogP contribution in [0, 0.1) is 0 Å². The van der Waals surface area contributed by atoms with E-state index >= 15 is 0 Å². The monoisotopic (exact) mass is 758 g/mol. The van der Waals surface area contributed by atoms with Crippen molar-refractivity contribution in [3.63, 3.8) is 0 Å². The number of fused-ring (bicyclic) bond motifs is 7. The van der Waals surface area contributed by atoms with Crippen LogP contribution in [-0.4, -0.2) is 14.2 Å². The molecular weight excluding hydrogens is 717 g/mol. The molecule has 11 rings (SSSR count). The molecular formula is C57H42O2. The highest BCUT2D eigenvalue weighted by atomic mass is 16.5. The van der Waals surface area contributed by atoms with Crippen LogP contribution in [0.5, 0.6) is 11.5 Å². The van der Waals surface area contributed by atoms with Gasteiger partial charge in [-0.15, -0.1) is 0 Å². The van der Waals surface area contributed by atoms with Gasteiger partial charge in [0.05, 0.1) is 14.2 Å². The molecule has 0 fully saturated rings. The van der Waals surface area contributed by atoms with Crippen molar-refractivity contribution in [1.29, 1.82) is 0 Å². The molecule has 0 bridgehead atoms. The van der Waals surface area contributed by atoms with Crippen LogP contribution >= 0.6 is 0 Å². The standard InChI is InChI=1S/C57H42O2/c1-57(2)51-33-37(55-47-17-9-5-13-43(47)53(44-14-6-10-18-48(44)55)35-21-27-39(58-3)28-22-35)25-31-41(51)42-32-26-38(34-52(42)57)56-49-19-11-7-15-45(49)54(46-16-8-12-20-50(46)56)36-23-29-40(59-4)30-24-36/h5-34H,1-4H3. The Kier molecular flexibility index (Phi) is 8.00. The van der Waals surface area contributed by atoms with E-state index in [-0.39, 0.29) is 5.41 Å². The number of ether oxygens (including phenoxy) is 2. The second-order valence-electron chi connectivity index (χ2n) is 16.3. The van der Waals surface area contributed by atoms with Gasteiger partial charge in [0.25, 0.3) is 0 Å². The summed E-state index contributed by atoms with van der Waals surface area (Å²) in [5, 5.41) is 10.0. The molecule has 0 unspecified atom stereocenters. The van der Waals surface area contributed by atoms with E-state index in [2.05, 4.69) is 196 Å². The number of hydrogen-bond acceptors (Lipinski definition) is 2. The predicted octanol–water partition coefficient (Wildman–Crippen LogP) is 15.3. The van der Waals surface area contributed by atoms with Crippen molar-refractivity contribution in [2.75, 3.05) is 14.2 Å². The summed E-state index contributed by atoms with van der Waals surface area (Å²) >= 11 is 0. The second-order valence-corrected chi connectivity index (χ2v) is 16.3. The first-order chi connectivity index (χ1) is 28.9. The number of methoxy groups -OCH3 is 2. The Morgan fingerprint density at radius 1 is 0.305 bits per heavy atom. The third kappa shape index (κ3) is 5.33. The fourth-order valence-corrected chi connectivity index (χ4v) is 10.1. The Bertz CT molecular complexity index is 2960. The average molecular weight is 759 g/mol.